The molecule has 2 aromatic carbocycles. The van der Waals surface area contributed by atoms with Crippen molar-refractivity contribution in [3.8, 4) is 11.1 Å². The summed E-state index contributed by atoms with van der Waals surface area (Å²) in [5.74, 6) is 0. The number of benzene rings is 2. The molecule has 0 aliphatic heterocycles. The van der Waals surface area contributed by atoms with E-state index in [4.69, 9.17) is 5.21 Å². The summed E-state index contributed by atoms with van der Waals surface area (Å²) >= 11 is 0. The molecule has 0 aliphatic rings. The van der Waals surface area contributed by atoms with Crippen LogP contribution in [0.2, 0.25) is 0 Å². The Morgan fingerprint density at radius 1 is 0.867 bits per heavy atom. The minimum absolute atomic E-state index is 0.888. The molecule has 0 spiro atoms. The summed E-state index contributed by atoms with van der Waals surface area (Å²) in [6, 6.07) is 17.9. The van der Waals surface area contributed by atoms with Crippen LogP contribution in [0.15, 0.2) is 59.8 Å². The molecule has 0 saturated carbocycles. The fraction of sp³-hybridized carbons (Fsp3) is 0. The molecule has 1 N–H and O–H groups in total. The predicted molar refractivity (Wildman–Crippen MR) is 61.3 cm³/mol. The second-order valence-corrected chi connectivity index (χ2v) is 3.24. The highest BCUT2D eigenvalue weighted by molar-refractivity contribution is 5.82. The van der Waals surface area contributed by atoms with Gasteiger partial charge in [0.05, 0.1) is 6.21 Å². The average molecular weight is 197 g/mol. The molecule has 0 heterocycles. The molecule has 0 aromatic heterocycles. The van der Waals surface area contributed by atoms with Gasteiger partial charge in [0.2, 0.25) is 0 Å². The molecule has 0 amide bonds. The third-order valence-electron chi connectivity index (χ3n) is 2.20. The first-order valence-electron chi connectivity index (χ1n) is 4.73. The lowest BCUT2D eigenvalue weighted by molar-refractivity contribution is 0.322. The van der Waals surface area contributed by atoms with E-state index in [0.29, 0.717) is 0 Å². The van der Waals surface area contributed by atoms with Crippen LogP contribution in [0.1, 0.15) is 5.56 Å². The van der Waals surface area contributed by atoms with Crippen molar-refractivity contribution in [2.45, 2.75) is 0 Å². The SMILES string of the molecule is O/N=C/c1cccc(-c2ccccc2)c1. The molecule has 74 valence electrons. The van der Waals surface area contributed by atoms with Crippen molar-refractivity contribution < 1.29 is 5.21 Å². The Bertz CT molecular complexity index is 463. The molecule has 0 radical (unpaired) electrons. The smallest absolute Gasteiger partial charge is 0.0734 e. The van der Waals surface area contributed by atoms with Crippen LogP contribution < -0.4 is 0 Å². The zero-order chi connectivity index (χ0) is 10.5. The van der Waals surface area contributed by atoms with Crippen LogP contribution in [-0.2, 0) is 0 Å². The highest BCUT2D eigenvalue weighted by atomic mass is 16.4. The Labute approximate surface area is 88.5 Å². The van der Waals surface area contributed by atoms with Gasteiger partial charge in [0.15, 0.2) is 0 Å². The van der Waals surface area contributed by atoms with Crippen molar-refractivity contribution >= 4 is 6.21 Å². The molecule has 0 bridgehead atoms. The molecule has 15 heavy (non-hydrogen) atoms. The van der Waals surface area contributed by atoms with Gasteiger partial charge in [-0.25, -0.2) is 0 Å². The van der Waals surface area contributed by atoms with E-state index in [1.807, 2.05) is 42.5 Å². The number of hydrogen-bond acceptors (Lipinski definition) is 2. The summed E-state index contributed by atoms with van der Waals surface area (Å²) in [5.41, 5.74) is 3.16. The number of hydrogen-bond donors (Lipinski definition) is 1. The Balaban J connectivity index is 2.41. The van der Waals surface area contributed by atoms with Crippen LogP contribution in [0.5, 0.6) is 0 Å². The van der Waals surface area contributed by atoms with Crippen molar-refractivity contribution in [1.82, 2.24) is 0 Å². The van der Waals surface area contributed by atoms with Crippen molar-refractivity contribution in [3.63, 3.8) is 0 Å². The molecule has 0 atom stereocenters. The second-order valence-electron chi connectivity index (χ2n) is 3.24. The highest BCUT2D eigenvalue weighted by Gasteiger charge is 1.96. The molecule has 0 fully saturated rings. The van der Waals surface area contributed by atoms with Gasteiger partial charge in [-0.2, -0.15) is 0 Å². The van der Waals surface area contributed by atoms with Crippen molar-refractivity contribution in [2.75, 3.05) is 0 Å². The summed E-state index contributed by atoms with van der Waals surface area (Å²) in [6.45, 7) is 0. The molecule has 0 saturated heterocycles. The van der Waals surface area contributed by atoms with Crippen LogP contribution in [0, 0.1) is 0 Å². The zero-order valence-corrected chi connectivity index (χ0v) is 8.17. The fourth-order valence-electron chi connectivity index (χ4n) is 1.50. The van der Waals surface area contributed by atoms with E-state index in [2.05, 4.69) is 17.3 Å². The van der Waals surface area contributed by atoms with E-state index in [1.165, 1.54) is 6.21 Å². The van der Waals surface area contributed by atoms with Crippen LogP contribution in [0.25, 0.3) is 11.1 Å². The highest BCUT2D eigenvalue weighted by Crippen LogP contribution is 2.19. The molecule has 2 nitrogen and oxygen atoms in total. The van der Waals surface area contributed by atoms with Gasteiger partial charge in [-0.3, -0.25) is 0 Å². The molecular weight excluding hydrogens is 186 g/mol. The van der Waals surface area contributed by atoms with Crippen molar-refractivity contribution in [1.29, 1.82) is 0 Å². The Morgan fingerprint density at radius 3 is 2.33 bits per heavy atom. The van der Waals surface area contributed by atoms with Gasteiger partial charge < -0.3 is 5.21 Å². The summed E-state index contributed by atoms with van der Waals surface area (Å²) < 4.78 is 0. The van der Waals surface area contributed by atoms with Gasteiger partial charge in [0.1, 0.15) is 0 Å². The summed E-state index contributed by atoms with van der Waals surface area (Å²) in [5, 5.41) is 11.5. The molecule has 2 aromatic rings. The van der Waals surface area contributed by atoms with Crippen LogP contribution in [0.3, 0.4) is 0 Å². The topological polar surface area (TPSA) is 32.6 Å². The van der Waals surface area contributed by atoms with Crippen molar-refractivity contribution in [3.05, 3.63) is 60.2 Å². The van der Waals surface area contributed by atoms with E-state index in [1.54, 1.807) is 0 Å². The minimum atomic E-state index is 0.888. The van der Waals surface area contributed by atoms with Crippen LogP contribution >= 0.6 is 0 Å². The fourth-order valence-corrected chi connectivity index (χ4v) is 1.50. The molecule has 2 heteroatoms. The first-order valence-corrected chi connectivity index (χ1v) is 4.73. The summed E-state index contributed by atoms with van der Waals surface area (Å²) in [7, 11) is 0. The van der Waals surface area contributed by atoms with Gasteiger partial charge in [0.25, 0.3) is 0 Å². The van der Waals surface area contributed by atoms with Gasteiger partial charge in [-0.05, 0) is 22.8 Å². The Kier molecular flexibility index (Phi) is 2.79. The summed E-state index contributed by atoms with van der Waals surface area (Å²) in [6.07, 6.45) is 1.42. The summed E-state index contributed by atoms with van der Waals surface area (Å²) in [4.78, 5) is 0. The first-order chi connectivity index (χ1) is 7.40. The lowest BCUT2D eigenvalue weighted by Crippen LogP contribution is -1.82. The maximum absolute atomic E-state index is 8.45. The first kappa shape index (κ1) is 9.46. The average Bonchev–Trinajstić information content (AvgIpc) is 2.31. The Hall–Kier alpha value is -2.09. The third-order valence-corrected chi connectivity index (χ3v) is 2.20. The van der Waals surface area contributed by atoms with E-state index in [9.17, 15) is 0 Å². The van der Waals surface area contributed by atoms with Crippen molar-refractivity contribution in [2.24, 2.45) is 5.16 Å². The lowest BCUT2D eigenvalue weighted by atomic mass is 10.0. The van der Waals surface area contributed by atoms with Crippen LogP contribution in [0.4, 0.5) is 0 Å². The zero-order valence-electron chi connectivity index (χ0n) is 8.17. The largest absolute Gasteiger partial charge is 0.411 e. The quantitative estimate of drug-likeness (QED) is 0.447. The number of rotatable bonds is 2. The molecule has 0 aliphatic carbocycles. The second kappa shape index (κ2) is 4.42. The lowest BCUT2D eigenvalue weighted by Gasteiger charge is -2.01. The monoisotopic (exact) mass is 197 g/mol. The Morgan fingerprint density at radius 2 is 1.60 bits per heavy atom. The van der Waals surface area contributed by atoms with Crippen LogP contribution in [-0.4, -0.2) is 11.4 Å². The molecule has 2 rings (SSSR count). The predicted octanol–water partition coefficient (Wildman–Crippen LogP) is 3.16. The van der Waals surface area contributed by atoms with E-state index in [0.717, 1.165) is 16.7 Å². The van der Waals surface area contributed by atoms with Gasteiger partial charge >= 0.3 is 0 Å². The van der Waals surface area contributed by atoms with E-state index in [-0.39, 0.29) is 0 Å². The molecular formula is C13H11NO. The maximum Gasteiger partial charge on any atom is 0.0734 e. The maximum atomic E-state index is 8.45. The van der Waals surface area contributed by atoms with E-state index >= 15 is 0 Å². The van der Waals surface area contributed by atoms with Gasteiger partial charge in [-0.15, -0.1) is 0 Å². The van der Waals surface area contributed by atoms with Gasteiger partial charge in [-0.1, -0.05) is 53.7 Å². The number of nitrogens with zero attached hydrogens (tertiary/aromatic N) is 1. The normalized spacial score (nSPS) is 10.7. The molecule has 0 unspecified atom stereocenters. The standard InChI is InChI=1S/C13H11NO/c15-14-10-11-5-4-8-13(9-11)12-6-2-1-3-7-12/h1-10,15H/b14-10+. The minimum Gasteiger partial charge on any atom is -0.411 e. The number of oxime groups is 1. The van der Waals surface area contributed by atoms with E-state index < -0.39 is 0 Å². The van der Waals surface area contributed by atoms with Gasteiger partial charge in [0, 0.05) is 0 Å². The third kappa shape index (κ3) is 2.23.